The van der Waals surface area contributed by atoms with Crippen molar-refractivity contribution in [3.8, 4) is 0 Å². The van der Waals surface area contributed by atoms with E-state index in [2.05, 4.69) is 31.1 Å². The molecule has 1 saturated carbocycles. The first-order chi connectivity index (χ1) is 5.27. The molecule has 1 atom stereocenters. The molecular formula is C10H15N. The molecule has 1 heteroatoms. The van der Waals surface area contributed by atoms with Gasteiger partial charge in [0, 0.05) is 6.04 Å². The van der Waals surface area contributed by atoms with E-state index in [4.69, 9.17) is 0 Å². The standard InChI is InChI=1S/C10H15N/c1-11(2)10-6-5-8-3-4-9(8)7-10/h5,7,10H,3-4,6H2,1-2H3/t10-/m0/s1. The maximum Gasteiger partial charge on any atom is 0.0312 e. The molecule has 0 aromatic rings. The minimum Gasteiger partial charge on any atom is -0.303 e. The fourth-order valence-electron chi connectivity index (χ4n) is 1.76. The molecule has 2 rings (SSSR count). The largest absolute Gasteiger partial charge is 0.303 e. The maximum atomic E-state index is 2.43. The predicted molar refractivity (Wildman–Crippen MR) is 47.5 cm³/mol. The van der Waals surface area contributed by atoms with Gasteiger partial charge in [-0.05, 0) is 44.5 Å². The first-order valence-corrected chi connectivity index (χ1v) is 4.34. The molecule has 60 valence electrons. The van der Waals surface area contributed by atoms with Crippen molar-refractivity contribution in [3.05, 3.63) is 23.3 Å². The van der Waals surface area contributed by atoms with Crippen molar-refractivity contribution in [1.29, 1.82) is 0 Å². The molecule has 0 radical (unpaired) electrons. The van der Waals surface area contributed by atoms with Crippen LogP contribution in [-0.2, 0) is 0 Å². The Morgan fingerprint density at radius 1 is 1.27 bits per heavy atom. The molecule has 1 fully saturated rings. The fraction of sp³-hybridized carbons (Fsp3) is 0.600. The summed E-state index contributed by atoms with van der Waals surface area (Å²) in [6.45, 7) is 0. The van der Waals surface area contributed by atoms with Gasteiger partial charge in [0.15, 0.2) is 0 Å². The van der Waals surface area contributed by atoms with Gasteiger partial charge >= 0.3 is 0 Å². The highest BCUT2D eigenvalue weighted by molar-refractivity contribution is 5.43. The Morgan fingerprint density at radius 2 is 2.00 bits per heavy atom. The number of nitrogens with zero attached hydrogens (tertiary/aromatic N) is 1. The minimum absolute atomic E-state index is 0.661. The number of hydrogen-bond donors (Lipinski definition) is 0. The van der Waals surface area contributed by atoms with E-state index in [1.54, 1.807) is 11.1 Å². The maximum absolute atomic E-state index is 2.43. The van der Waals surface area contributed by atoms with Crippen LogP contribution in [0.25, 0.3) is 0 Å². The summed E-state index contributed by atoms with van der Waals surface area (Å²) in [5.74, 6) is 0. The van der Waals surface area contributed by atoms with Crippen LogP contribution in [0.3, 0.4) is 0 Å². The molecular weight excluding hydrogens is 134 g/mol. The van der Waals surface area contributed by atoms with E-state index >= 15 is 0 Å². The molecule has 1 nitrogen and oxygen atoms in total. The van der Waals surface area contributed by atoms with Gasteiger partial charge in [-0.3, -0.25) is 0 Å². The quantitative estimate of drug-likeness (QED) is 0.551. The van der Waals surface area contributed by atoms with Crippen molar-refractivity contribution < 1.29 is 0 Å². The highest BCUT2D eigenvalue weighted by atomic mass is 15.1. The van der Waals surface area contributed by atoms with Gasteiger partial charge in [-0.15, -0.1) is 0 Å². The molecule has 11 heavy (non-hydrogen) atoms. The summed E-state index contributed by atoms with van der Waals surface area (Å²) in [4.78, 5) is 2.29. The van der Waals surface area contributed by atoms with E-state index in [1.807, 2.05) is 0 Å². The van der Waals surface area contributed by atoms with Crippen molar-refractivity contribution in [2.24, 2.45) is 0 Å². The molecule has 2 aliphatic rings. The Morgan fingerprint density at radius 3 is 2.45 bits per heavy atom. The zero-order valence-corrected chi connectivity index (χ0v) is 7.30. The Kier molecular flexibility index (Phi) is 1.61. The van der Waals surface area contributed by atoms with E-state index in [0.29, 0.717) is 6.04 Å². The van der Waals surface area contributed by atoms with E-state index in [-0.39, 0.29) is 0 Å². The molecule has 0 unspecified atom stereocenters. The van der Waals surface area contributed by atoms with Crippen molar-refractivity contribution in [1.82, 2.24) is 4.90 Å². The molecule has 0 bridgehead atoms. The predicted octanol–water partition coefficient (Wildman–Crippen LogP) is 1.97. The van der Waals surface area contributed by atoms with Crippen LogP contribution in [0, 0.1) is 0 Å². The third-order valence-corrected chi connectivity index (χ3v) is 2.74. The molecule has 0 heterocycles. The van der Waals surface area contributed by atoms with Gasteiger partial charge in [0.25, 0.3) is 0 Å². The topological polar surface area (TPSA) is 3.24 Å². The zero-order valence-electron chi connectivity index (χ0n) is 7.30. The zero-order chi connectivity index (χ0) is 7.84. The molecule has 0 N–H and O–H groups in total. The van der Waals surface area contributed by atoms with Gasteiger partial charge < -0.3 is 4.90 Å². The Labute approximate surface area is 68.4 Å². The third kappa shape index (κ3) is 1.14. The van der Waals surface area contributed by atoms with Crippen molar-refractivity contribution >= 4 is 0 Å². The Balaban J connectivity index is 2.11. The third-order valence-electron chi connectivity index (χ3n) is 2.74. The lowest BCUT2D eigenvalue weighted by molar-refractivity contribution is 0.339. The van der Waals surface area contributed by atoms with Gasteiger partial charge in [0.1, 0.15) is 0 Å². The van der Waals surface area contributed by atoms with Crippen molar-refractivity contribution in [2.75, 3.05) is 14.1 Å². The van der Waals surface area contributed by atoms with Gasteiger partial charge in [-0.2, -0.15) is 0 Å². The molecule has 2 aliphatic carbocycles. The second-order valence-corrected chi connectivity index (χ2v) is 3.69. The number of likely N-dealkylation sites (N-methyl/N-ethyl adjacent to an activating group) is 1. The summed E-state index contributed by atoms with van der Waals surface area (Å²) in [6, 6.07) is 0.661. The monoisotopic (exact) mass is 149 g/mol. The highest BCUT2D eigenvalue weighted by Gasteiger charge is 2.22. The minimum atomic E-state index is 0.661. The van der Waals surface area contributed by atoms with E-state index in [1.165, 1.54) is 19.3 Å². The molecule has 0 aromatic carbocycles. The van der Waals surface area contributed by atoms with Gasteiger partial charge in [-0.25, -0.2) is 0 Å². The van der Waals surface area contributed by atoms with E-state index in [9.17, 15) is 0 Å². The van der Waals surface area contributed by atoms with Crippen LogP contribution in [0.5, 0.6) is 0 Å². The average Bonchev–Trinajstić information content (AvgIpc) is 1.91. The van der Waals surface area contributed by atoms with Crippen LogP contribution in [0.2, 0.25) is 0 Å². The number of hydrogen-bond acceptors (Lipinski definition) is 1. The lowest BCUT2D eigenvalue weighted by atomic mass is 9.80. The second kappa shape index (κ2) is 2.49. The first-order valence-electron chi connectivity index (χ1n) is 4.34. The van der Waals surface area contributed by atoms with Crippen LogP contribution in [-0.4, -0.2) is 25.0 Å². The highest BCUT2D eigenvalue weighted by Crippen LogP contribution is 2.36. The second-order valence-electron chi connectivity index (χ2n) is 3.69. The molecule has 0 amide bonds. The summed E-state index contributed by atoms with van der Waals surface area (Å²) in [5.41, 5.74) is 3.22. The van der Waals surface area contributed by atoms with Gasteiger partial charge in [0.2, 0.25) is 0 Å². The number of allylic oxidation sites excluding steroid dienone is 2. The summed E-state index contributed by atoms with van der Waals surface area (Å²) in [5, 5.41) is 0. The molecule has 0 aliphatic heterocycles. The lowest BCUT2D eigenvalue weighted by Crippen LogP contribution is -2.29. The lowest BCUT2D eigenvalue weighted by Gasteiger charge is -2.31. The normalized spacial score (nSPS) is 28.8. The van der Waals surface area contributed by atoms with E-state index < -0.39 is 0 Å². The van der Waals surface area contributed by atoms with Crippen LogP contribution >= 0.6 is 0 Å². The number of fused-ring (bicyclic) bond motifs is 1. The summed E-state index contributed by atoms with van der Waals surface area (Å²) in [6.07, 6.45) is 8.69. The fourth-order valence-corrected chi connectivity index (χ4v) is 1.76. The van der Waals surface area contributed by atoms with Crippen molar-refractivity contribution in [3.63, 3.8) is 0 Å². The smallest absolute Gasteiger partial charge is 0.0312 e. The first kappa shape index (κ1) is 7.11. The average molecular weight is 149 g/mol. The summed E-state index contributed by atoms with van der Waals surface area (Å²) >= 11 is 0. The van der Waals surface area contributed by atoms with Crippen LogP contribution in [0.15, 0.2) is 23.3 Å². The van der Waals surface area contributed by atoms with Crippen LogP contribution < -0.4 is 0 Å². The Hall–Kier alpha value is -0.560. The SMILES string of the molecule is CN(C)[C@@H]1C=C2CCC2=CC1. The number of rotatable bonds is 1. The summed E-state index contributed by atoms with van der Waals surface area (Å²) < 4.78 is 0. The summed E-state index contributed by atoms with van der Waals surface area (Å²) in [7, 11) is 4.30. The molecule has 0 saturated heterocycles. The van der Waals surface area contributed by atoms with Crippen LogP contribution in [0.1, 0.15) is 19.3 Å². The molecule has 0 aromatic heterocycles. The van der Waals surface area contributed by atoms with Gasteiger partial charge in [-0.1, -0.05) is 12.2 Å². The molecule has 0 spiro atoms. The Bertz CT molecular complexity index is 223. The van der Waals surface area contributed by atoms with Crippen molar-refractivity contribution in [2.45, 2.75) is 25.3 Å². The van der Waals surface area contributed by atoms with Gasteiger partial charge in [0.05, 0.1) is 0 Å². The van der Waals surface area contributed by atoms with Crippen LogP contribution in [0.4, 0.5) is 0 Å². The van der Waals surface area contributed by atoms with E-state index in [0.717, 1.165) is 0 Å².